The van der Waals surface area contributed by atoms with Crippen LogP contribution in [0.25, 0.3) is 0 Å². The molecule has 2 fully saturated rings. The van der Waals surface area contributed by atoms with Crippen LogP contribution in [-0.2, 0) is 4.79 Å². The zero-order valence-electron chi connectivity index (χ0n) is 9.33. The van der Waals surface area contributed by atoms with Crippen molar-refractivity contribution in [3.05, 3.63) is 0 Å². The topological polar surface area (TPSA) is 52.6 Å². The first-order valence-corrected chi connectivity index (χ1v) is 5.84. The first-order valence-electron chi connectivity index (χ1n) is 5.84. The molecule has 2 N–H and O–H groups in total. The van der Waals surface area contributed by atoms with Crippen LogP contribution in [0.4, 0.5) is 0 Å². The number of rotatable bonds is 2. The number of nitrogens with one attached hydrogen (secondary N) is 1. The van der Waals surface area contributed by atoms with Gasteiger partial charge in [-0.2, -0.15) is 0 Å². The summed E-state index contributed by atoms with van der Waals surface area (Å²) < 4.78 is 0. The van der Waals surface area contributed by atoms with Gasteiger partial charge in [0.05, 0.1) is 18.2 Å². The molecule has 4 nitrogen and oxygen atoms in total. The lowest BCUT2D eigenvalue weighted by atomic mass is 9.98. The Bertz CT molecular complexity index is 249. The molecule has 2 atom stereocenters. The largest absolute Gasteiger partial charge is 0.394 e. The summed E-state index contributed by atoms with van der Waals surface area (Å²) in [5.41, 5.74) is -0.377. The smallest absolute Gasteiger partial charge is 0.242 e. The second-order valence-electron chi connectivity index (χ2n) is 4.84. The van der Waals surface area contributed by atoms with Crippen molar-refractivity contribution in [2.24, 2.45) is 0 Å². The summed E-state index contributed by atoms with van der Waals surface area (Å²) >= 11 is 0. The van der Waals surface area contributed by atoms with Gasteiger partial charge in [0, 0.05) is 6.54 Å². The number of carbonyl (C=O) groups excluding carboxylic acids is 1. The third-order valence-electron chi connectivity index (χ3n) is 3.69. The summed E-state index contributed by atoms with van der Waals surface area (Å²) in [6.07, 6.45) is 3.95. The molecular formula is C11H20N2O2. The molecule has 0 aromatic carbocycles. The summed E-state index contributed by atoms with van der Waals surface area (Å²) in [7, 11) is 0. The lowest BCUT2D eigenvalue weighted by Crippen LogP contribution is -2.54. The van der Waals surface area contributed by atoms with E-state index >= 15 is 0 Å². The van der Waals surface area contributed by atoms with Crippen LogP contribution in [0.5, 0.6) is 0 Å². The van der Waals surface area contributed by atoms with E-state index in [2.05, 4.69) is 5.32 Å². The highest BCUT2D eigenvalue weighted by molar-refractivity contribution is 5.86. The number of hydrogen-bond acceptors (Lipinski definition) is 3. The van der Waals surface area contributed by atoms with Crippen molar-refractivity contribution < 1.29 is 9.90 Å². The Morgan fingerprint density at radius 2 is 2.40 bits per heavy atom. The summed E-state index contributed by atoms with van der Waals surface area (Å²) in [5, 5.41) is 12.5. The third-order valence-corrected chi connectivity index (χ3v) is 3.69. The summed E-state index contributed by atoms with van der Waals surface area (Å²) in [5.74, 6) is 0.177. The Morgan fingerprint density at radius 3 is 3.00 bits per heavy atom. The van der Waals surface area contributed by atoms with E-state index in [1.807, 2.05) is 11.8 Å². The molecule has 4 heteroatoms. The van der Waals surface area contributed by atoms with Crippen molar-refractivity contribution in [2.45, 2.75) is 44.2 Å². The molecular weight excluding hydrogens is 192 g/mol. The lowest BCUT2D eigenvalue weighted by Gasteiger charge is -2.32. The van der Waals surface area contributed by atoms with Gasteiger partial charge in [0.2, 0.25) is 5.91 Å². The van der Waals surface area contributed by atoms with Crippen molar-refractivity contribution >= 4 is 5.91 Å². The molecule has 15 heavy (non-hydrogen) atoms. The van der Waals surface area contributed by atoms with Crippen LogP contribution in [0.3, 0.4) is 0 Å². The average Bonchev–Trinajstić information content (AvgIpc) is 2.85. The number of hydrogen-bond donors (Lipinski definition) is 2. The number of carbonyl (C=O) groups is 1. The van der Waals surface area contributed by atoms with Crippen LogP contribution in [0.2, 0.25) is 0 Å². The molecule has 0 spiro atoms. The van der Waals surface area contributed by atoms with Crippen molar-refractivity contribution in [1.82, 2.24) is 10.2 Å². The predicted molar refractivity (Wildman–Crippen MR) is 57.5 cm³/mol. The highest BCUT2D eigenvalue weighted by Crippen LogP contribution is 2.26. The summed E-state index contributed by atoms with van der Waals surface area (Å²) in [6.45, 7) is 3.82. The van der Waals surface area contributed by atoms with Gasteiger partial charge in [0.1, 0.15) is 0 Å². The maximum absolute atomic E-state index is 12.3. The normalized spacial score (nSPS) is 36.1. The molecule has 2 unspecified atom stereocenters. The van der Waals surface area contributed by atoms with E-state index in [0.29, 0.717) is 0 Å². The first kappa shape index (κ1) is 10.9. The molecule has 2 saturated heterocycles. The minimum atomic E-state index is -0.377. The fourth-order valence-electron chi connectivity index (χ4n) is 2.69. The molecule has 2 heterocycles. The van der Waals surface area contributed by atoms with Crippen molar-refractivity contribution in [1.29, 1.82) is 0 Å². The molecule has 0 aromatic heterocycles. The van der Waals surface area contributed by atoms with E-state index < -0.39 is 0 Å². The molecule has 2 aliphatic rings. The number of likely N-dealkylation sites (tertiary alicyclic amines) is 1. The van der Waals surface area contributed by atoms with Gasteiger partial charge < -0.3 is 15.3 Å². The third kappa shape index (κ3) is 1.88. The van der Waals surface area contributed by atoms with E-state index in [9.17, 15) is 9.90 Å². The minimum absolute atomic E-state index is 0.0525. The highest BCUT2D eigenvalue weighted by Gasteiger charge is 2.42. The van der Waals surface area contributed by atoms with Crippen LogP contribution in [-0.4, -0.2) is 47.2 Å². The Hall–Kier alpha value is -0.610. The van der Waals surface area contributed by atoms with E-state index in [4.69, 9.17) is 0 Å². The standard InChI is InChI=1S/C11H20N2O2/c1-11(5-3-6-12-11)10(15)13-7-2-4-9(13)8-14/h9,12,14H,2-8H2,1H3. The Morgan fingerprint density at radius 1 is 1.60 bits per heavy atom. The molecule has 0 bridgehead atoms. The number of aliphatic hydroxyl groups is 1. The SMILES string of the molecule is CC1(C(=O)N2CCCC2CO)CCCN1. The Labute approximate surface area is 90.6 Å². The van der Waals surface area contributed by atoms with Crippen LogP contribution in [0, 0.1) is 0 Å². The van der Waals surface area contributed by atoms with Gasteiger partial charge in [-0.15, -0.1) is 0 Å². The monoisotopic (exact) mass is 212 g/mol. The summed E-state index contributed by atoms with van der Waals surface area (Å²) in [4.78, 5) is 14.2. The zero-order valence-corrected chi connectivity index (χ0v) is 9.33. The second kappa shape index (κ2) is 4.10. The number of nitrogens with zero attached hydrogens (tertiary/aromatic N) is 1. The van der Waals surface area contributed by atoms with Crippen LogP contribution >= 0.6 is 0 Å². The van der Waals surface area contributed by atoms with Gasteiger partial charge in [-0.1, -0.05) is 0 Å². The van der Waals surface area contributed by atoms with Gasteiger partial charge in [0.25, 0.3) is 0 Å². The average molecular weight is 212 g/mol. The van der Waals surface area contributed by atoms with Crippen LogP contribution < -0.4 is 5.32 Å². The molecule has 2 rings (SSSR count). The summed E-state index contributed by atoms with van der Waals surface area (Å²) in [6, 6.07) is 0.0525. The minimum Gasteiger partial charge on any atom is -0.394 e. The van der Waals surface area contributed by atoms with E-state index in [0.717, 1.165) is 38.8 Å². The highest BCUT2D eigenvalue weighted by atomic mass is 16.3. The van der Waals surface area contributed by atoms with Crippen molar-refractivity contribution in [3.63, 3.8) is 0 Å². The maximum Gasteiger partial charge on any atom is 0.242 e. The van der Waals surface area contributed by atoms with Crippen molar-refractivity contribution in [3.8, 4) is 0 Å². The van der Waals surface area contributed by atoms with Gasteiger partial charge >= 0.3 is 0 Å². The van der Waals surface area contributed by atoms with Crippen molar-refractivity contribution in [2.75, 3.05) is 19.7 Å². The fraction of sp³-hybridized carbons (Fsp3) is 0.909. The Balaban J connectivity index is 2.06. The van der Waals surface area contributed by atoms with Gasteiger partial charge in [-0.05, 0) is 39.2 Å². The maximum atomic E-state index is 12.3. The molecule has 0 aliphatic carbocycles. The van der Waals surface area contributed by atoms with E-state index in [1.54, 1.807) is 0 Å². The molecule has 2 aliphatic heterocycles. The molecule has 0 aromatic rings. The molecule has 0 saturated carbocycles. The lowest BCUT2D eigenvalue weighted by molar-refractivity contribution is -0.138. The number of amides is 1. The first-order chi connectivity index (χ1) is 7.17. The van der Waals surface area contributed by atoms with Crippen LogP contribution in [0.1, 0.15) is 32.6 Å². The van der Waals surface area contributed by atoms with Gasteiger partial charge in [0.15, 0.2) is 0 Å². The fourth-order valence-corrected chi connectivity index (χ4v) is 2.69. The van der Waals surface area contributed by atoms with Crippen LogP contribution in [0.15, 0.2) is 0 Å². The van der Waals surface area contributed by atoms with E-state index in [-0.39, 0.29) is 24.1 Å². The Kier molecular flexibility index (Phi) is 2.98. The van der Waals surface area contributed by atoms with Gasteiger partial charge in [-0.3, -0.25) is 4.79 Å². The zero-order chi connectivity index (χ0) is 10.9. The predicted octanol–water partition coefficient (Wildman–Crippen LogP) is 0.112. The molecule has 1 amide bonds. The van der Waals surface area contributed by atoms with E-state index in [1.165, 1.54) is 0 Å². The quantitative estimate of drug-likeness (QED) is 0.683. The number of aliphatic hydroxyl groups excluding tert-OH is 1. The van der Waals surface area contributed by atoms with Gasteiger partial charge in [-0.25, -0.2) is 0 Å². The molecule has 0 radical (unpaired) electrons. The second-order valence-corrected chi connectivity index (χ2v) is 4.84. The molecule has 86 valence electrons.